The van der Waals surface area contributed by atoms with Crippen LogP contribution in [-0.4, -0.2) is 21.4 Å². The van der Waals surface area contributed by atoms with Crippen molar-refractivity contribution in [2.45, 2.75) is 37.0 Å². The predicted molar refractivity (Wildman–Crippen MR) is 117 cm³/mol. The zero-order chi connectivity index (χ0) is 21.3. The number of benzene rings is 2. The molecular weight excluding hydrogens is 424 g/mol. The van der Waals surface area contributed by atoms with Gasteiger partial charge in [0.25, 0.3) is 10.0 Å². The minimum absolute atomic E-state index is 0.0727. The van der Waals surface area contributed by atoms with E-state index in [-0.39, 0.29) is 15.8 Å². The van der Waals surface area contributed by atoms with E-state index in [1.807, 2.05) is 0 Å². The van der Waals surface area contributed by atoms with E-state index >= 15 is 0 Å². The Kier molecular flexibility index (Phi) is 5.93. The molecule has 2 aliphatic carbocycles. The molecule has 2 bridgehead atoms. The van der Waals surface area contributed by atoms with Crippen LogP contribution in [-0.2, 0) is 14.8 Å². The first-order valence-electron chi connectivity index (χ1n) is 10.1. The van der Waals surface area contributed by atoms with Crippen molar-refractivity contribution in [3.63, 3.8) is 0 Å². The molecule has 3 unspecified atom stereocenters. The molecule has 2 aromatic rings. The van der Waals surface area contributed by atoms with Crippen molar-refractivity contribution in [3.05, 3.63) is 47.5 Å². The molecule has 2 N–H and O–H groups in total. The average Bonchev–Trinajstić information content (AvgIpc) is 3.32. The van der Waals surface area contributed by atoms with E-state index in [9.17, 15) is 13.2 Å². The van der Waals surface area contributed by atoms with Gasteiger partial charge in [-0.25, -0.2) is 8.42 Å². The fourth-order valence-corrected chi connectivity index (χ4v) is 6.39. The summed E-state index contributed by atoms with van der Waals surface area (Å²) in [5, 5.41) is 2.91. The number of halogens is 1. The molecule has 2 aromatic carbocycles. The van der Waals surface area contributed by atoms with Gasteiger partial charge in [-0.05, 0) is 67.3 Å². The molecule has 2 saturated carbocycles. The van der Waals surface area contributed by atoms with Crippen LogP contribution < -0.4 is 14.8 Å². The lowest BCUT2D eigenvalue weighted by atomic mass is 9.86. The maximum absolute atomic E-state index is 12.9. The molecule has 0 aliphatic heterocycles. The zero-order valence-electron chi connectivity index (χ0n) is 16.7. The van der Waals surface area contributed by atoms with E-state index in [4.69, 9.17) is 16.3 Å². The molecule has 0 aromatic heterocycles. The van der Waals surface area contributed by atoms with E-state index in [0.29, 0.717) is 35.4 Å². The first-order chi connectivity index (χ1) is 14.4. The molecular formula is C22H25ClN2O4S. The first-order valence-corrected chi connectivity index (χ1v) is 12.0. The highest BCUT2D eigenvalue weighted by Gasteiger charge is 2.40. The Morgan fingerprint density at radius 1 is 1.17 bits per heavy atom. The summed E-state index contributed by atoms with van der Waals surface area (Å²) in [5.41, 5.74) is 0.717. The molecule has 0 radical (unpaired) electrons. The Balaban J connectivity index is 1.49. The van der Waals surface area contributed by atoms with Crippen molar-refractivity contribution >= 4 is 38.9 Å². The third-order valence-corrected chi connectivity index (χ3v) is 8.03. The number of carbonyl (C=O) groups is 1. The van der Waals surface area contributed by atoms with Crippen LogP contribution in [0.25, 0.3) is 0 Å². The van der Waals surface area contributed by atoms with Gasteiger partial charge in [0.15, 0.2) is 0 Å². The van der Waals surface area contributed by atoms with E-state index in [1.54, 1.807) is 30.3 Å². The predicted octanol–water partition coefficient (Wildman–Crippen LogP) is 4.91. The summed E-state index contributed by atoms with van der Waals surface area (Å²) >= 11 is 6.17. The second-order valence-electron chi connectivity index (χ2n) is 8.14. The lowest BCUT2D eigenvalue weighted by molar-refractivity contribution is -0.117. The molecule has 160 valence electrons. The molecule has 2 fully saturated rings. The monoisotopic (exact) mass is 448 g/mol. The molecule has 0 saturated heterocycles. The number of para-hydroxylation sites is 2. The fraction of sp³-hybridized carbons (Fsp3) is 0.409. The summed E-state index contributed by atoms with van der Waals surface area (Å²) in [6, 6.07) is 11.2. The van der Waals surface area contributed by atoms with Gasteiger partial charge in [-0.3, -0.25) is 9.52 Å². The fourth-order valence-electron chi connectivity index (χ4n) is 4.79. The zero-order valence-corrected chi connectivity index (χ0v) is 18.3. The van der Waals surface area contributed by atoms with Crippen molar-refractivity contribution in [2.75, 3.05) is 17.1 Å². The van der Waals surface area contributed by atoms with Crippen LogP contribution in [0.5, 0.6) is 5.75 Å². The number of ether oxygens (including phenoxy) is 1. The summed E-state index contributed by atoms with van der Waals surface area (Å²) in [6.07, 6.45) is 5.36. The number of amides is 1. The van der Waals surface area contributed by atoms with Gasteiger partial charge in [0, 0.05) is 12.1 Å². The number of sulfonamides is 1. The maximum atomic E-state index is 12.9. The lowest BCUT2D eigenvalue weighted by Gasteiger charge is -2.21. The maximum Gasteiger partial charge on any atom is 0.263 e. The number of rotatable bonds is 7. The minimum atomic E-state index is -3.98. The van der Waals surface area contributed by atoms with E-state index in [2.05, 4.69) is 10.0 Å². The Hall–Kier alpha value is -2.25. The van der Waals surface area contributed by atoms with Crippen LogP contribution in [0.3, 0.4) is 0 Å². The van der Waals surface area contributed by atoms with Gasteiger partial charge in [0.1, 0.15) is 10.6 Å². The van der Waals surface area contributed by atoms with Crippen molar-refractivity contribution in [2.24, 2.45) is 17.8 Å². The molecule has 6 nitrogen and oxygen atoms in total. The first kappa shape index (κ1) is 21.0. The number of carbonyl (C=O) groups excluding carboxylic acids is 1. The van der Waals surface area contributed by atoms with Crippen LogP contribution >= 0.6 is 11.6 Å². The molecule has 4 rings (SSSR count). The van der Waals surface area contributed by atoms with Crippen molar-refractivity contribution in [1.82, 2.24) is 0 Å². The third kappa shape index (κ3) is 4.42. The van der Waals surface area contributed by atoms with Crippen LogP contribution in [0.2, 0.25) is 5.02 Å². The molecule has 30 heavy (non-hydrogen) atoms. The molecule has 1 amide bonds. The number of anilines is 2. The second-order valence-corrected chi connectivity index (χ2v) is 10.2. The number of fused-ring (bicyclic) bond motifs is 2. The lowest BCUT2D eigenvalue weighted by Crippen LogP contribution is -2.20. The molecule has 3 atom stereocenters. The van der Waals surface area contributed by atoms with Crippen LogP contribution in [0.4, 0.5) is 11.4 Å². The summed E-state index contributed by atoms with van der Waals surface area (Å²) in [5.74, 6) is 2.18. The number of methoxy groups -OCH3 is 1. The van der Waals surface area contributed by atoms with Gasteiger partial charge in [-0.1, -0.05) is 30.2 Å². The van der Waals surface area contributed by atoms with Crippen molar-refractivity contribution in [1.29, 1.82) is 0 Å². The number of hydrogen-bond acceptors (Lipinski definition) is 4. The highest BCUT2D eigenvalue weighted by atomic mass is 35.5. The highest BCUT2D eigenvalue weighted by molar-refractivity contribution is 7.92. The quantitative estimate of drug-likeness (QED) is 0.630. The Morgan fingerprint density at radius 3 is 2.67 bits per heavy atom. The minimum Gasteiger partial charge on any atom is -0.495 e. The largest absolute Gasteiger partial charge is 0.495 e. The summed E-state index contributed by atoms with van der Waals surface area (Å²) in [6.45, 7) is 0. The van der Waals surface area contributed by atoms with E-state index in [1.165, 1.54) is 38.5 Å². The van der Waals surface area contributed by atoms with Crippen LogP contribution in [0.1, 0.15) is 32.1 Å². The number of nitrogens with one attached hydrogen (secondary N) is 2. The average molecular weight is 449 g/mol. The molecule has 0 heterocycles. The van der Waals surface area contributed by atoms with Gasteiger partial charge in [0.05, 0.1) is 17.8 Å². The standard InChI is InChI=1S/C22H25ClN2O4S/c1-29-20-5-3-2-4-19(20)25-30(27,28)21-13-17(8-9-18(21)23)24-22(26)12-16-11-14-6-7-15(16)10-14/h2-5,8-9,13-16,25H,6-7,10-12H2,1H3,(H,24,26). The second kappa shape index (κ2) is 8.47. The van der Waals surface area contributed by atoms with Gasteiger partial charge < -0.3 is 10.1 Å². The molecule has 0 spiro atoms. The van der Waals surface area contributed by atoms with Gasteiger partial charge in [0.2, 0.25) is 5.91 Å². The van der Waals surface area contributed by atoms with Gasteiger partial charge in [-0.2, -0.15) is 0 Å². The molecule has 2 aliphatic rings. The van der Waals surface area contributed by atoms with Crippen LogP contribution in [0.15, 0.2) is 47.4 Å². The van der Waals surface area contributed by atoms with Gasteiger partial charge >= 0.3 is 0 Å². The summed E-state index contributed by atoms with van der Waals surface area (Å²) in [7, 11) is -2.51. The van der Waals surface area contributed by atoms with E-state index in [0.717, 1.165) is 12.3 Å². The normalized spacial score (nSPS) is 22.7. The topological polar surface area (TPSA) is 84.5 Å². The molecule has 8 heteroatoms. The van der Waals surface area contributed by atoms with Gasteiger partial charge in [-0.15, -0.1) is 0 Å². The number of hydrogen-bond donors (Lipinski definition) is 2. The van der Waals surface area contributed by atoms with Crippen LogP contribution in [0, 0.1) is 17.8 Å². The summed E-state index contributed by atoms with van der Waals surface area (Å²) < 4.78 is 33.6. The van der Waals surface area contributed by atoms with Crippen molar-refractivity contribution < 1.29 is 17.9 Å². The van der Waals surface area contributed by atoms with Crippen molar-refractivity contribution in [3.8, 4) is 5.75 Å². The summed E-state index contributed by atoms with van der Waals surface area (Å²) in [4.78, 5) is 12.4. The Labute approximate surface area is 182 Å². The highest BCUT2D eigenvalue weighted by Crippen LogP contribution is 2.49. The SMILES string of the molecule is COc1ccccc1NS(=O)(=O)c1cc(NC(=O)CC2CC3CCC2C3)ccc1Cl. The Morgan fingerprint density at radius 2 is 1.97 bits per heavy atom. The van der Waals surface area contributed by atoms with E-state index < -0.39 is 10.0 Å². The smallest absolute Gasteiger partial charge is 0.263 e. The Bertz CT molecular complexity index is 1060. The third-order valence-electron chi connectivity index (χ3n) is 6.19.